The van der Waals surface area contributed by atoms with E-state index in [-0.39, 0.29) is 0 Å². The van der Waals surface area contributed by atoms with E-state index in [1.54, 1.807) is 35.4 Å². The number of imidazole rings is 1. The Morgan fingerprint density at radius 1 is 1.36 bits per heavy atom. The molecule has 0 atom stereocenters. The lowest BCUT2D eigenvalue weighted by Crippen LogP contribution is -2.37. The molecule has 0 spiro atoms. The Bertz CT molecular complexity index is 988. The molecule has 3 aromatic rings. The van der Waals surface area contributed by atoms with E-state index in [4.69, 9.17) is 5.11 Å². The SMILES string of the molecule is O=C(O)Cn1c(=O)c(=O)[nH]c2cc(Br)c(-n3ccnc3)cc21. The maximum Gasteiger partial charge on any atom is 0.323 e. The highest BCUT2D eigenvalue weighted by Gasteiger charge is 2.13. The Labute approximate surface area is 130 Å². The summed E-state index contributed by atoms with van der Waals surface area (Å²) in [6, 6.07) is 3.23. The van der Waals surface area contributed by atoms with Crippen LogP contribution < -0.4 is 11.1 Å². The number of carboxylic acids is 1. The maximum atomic E-state index is 11.9. The highest BCUT2D eigenvalue weighted by Crippen LogP contribution is 2.25. The topological polar surface area (TPSA) is 110 Å². The van der Waals surface area contributed by atoms with E-state index in [0.717, 1.165) is 4.57 Å². The number of aliphatic carboxylic acids is 1. The number of fused-ring (bicyclic) bond motifs is 1. The van der Waals surface area contributed by atoms with Gasteiger partial charge in [-0.3, -0.25) is 19.0 Å². The molecule has 0 aliphatic heterocycles. The van der Waals surface area contributed by atoms with Gasteiger partial charge in [0.25, 0.3) is 0 Å². The van der Waals surface area contributed by atoms with Gasteiger partial charge in [0.1, 0.15) is 6.54 Å². The van der Waals surface area contributed by atoms with Gasteiger partial charge < -0.3 is 14.7 Å². The molecular formula is C13H9BrN4O4. The van der Waals surface area contributed by atoms with Crippen LogP contribution in [0.3, 0.4) is 0 Å². The summed E-state index contributed by atoms with van der Waals surface area (Å²) < 4.78 is 3.29. The molecule has 2 N–H and O–H groups in total. The van der Waals surface area contributed by atoms with Crippen molar-refractivity contribution in [1.82, 2.24) is 19.1 Å². The van der Waals surface area contributed by atoms with Crippen molar-refractivity contribution in [3.63, 3.8) is 0 Å². The van der Waals surface area contributed by atoms with E-state index in [1.165, 1.54) is 0 Å². The number of hydrogen-bond acceptors (Lipinski definition) is 4. The first-order valence-corrected chi connectivity index (χ1v) is 6.93. The molecule has 0 radical (unpaired) electrons. The van der Waals surface area contributed by atoms with E-state index in [2.05, 4.69) is 25.9 Å². The van der Waals surface area contributed by atoms with Crippen molar-refractivity contribution >= 4 is 32.9 Å². The van der Waals surface area contributed by atoms with Crippen molar-refractivity contribution in [3.8, 4) is 5.69 Å². The molecule has 0 bridgehead atoms. The summed E-state index contributed by atoms with van der Waals surface area (Å²) in [5, 5.41) is 8.95. The third-order valence-corrected chi connectivity index (χ3v) is 3.75. The number of aromatic nitrogens is 4. The molecular weight excluding hydrogens is 356 g/mol. The van der Waals surface area contributed by atoms with Crippen molar-refractivity contribution < 1.29 is 9.90 Å². The predicted octanol–water partition coefficient (Wildman–Crippen LogP) is 0.723. The van der Waals surface area contributed by atoms with Gasteiger partial charge in [0.15, 0.2) is 0 Å². The third kappa shape index (κ3) is 2.35. The van der Waals surface area contributed by atoms with Crippen LogP contribution in [0.25, 0.3) is 16.7 Å². The predicted molar refractivity (Wildman–Crippen MR) is 81.3 cm³/mol. The standard InChI is InChI=1S/C13H9BrN4O4/c14-7-3-8-10(4-9(7)17-2-1-15-6-17)18(5-11(19)20)13(22)12(21)16-8/h1-4,6H,5H2,(H,16,21)(H,19,20). The number of nitrogens with one attached hydrogen (secondary N) is 1. The van der Waals surface area contributed by atoms with Crippen LogP contribution in [-0.4, -0.2) is 30.2 Å². The summed E-state index contributed by atoms with van der Waals surface area (Å²) in [4.78, 5) is 40.9. The Hall–Kier alpha value is -2.68. The Kier molecular flexibility index (Phi) is 3.41. The van der Waals surface area contributed by atoms with Gasteiger partial charge in [0, 0.05) is 16.9 Å². The van der Waals surface area contributed by atoms with Crippen LogP contribution in [0.1, 0.15) is 0 Å². The summed E-state index contributed by atoms with van der Waals surface area (Å²) in [5.41, 5.74) is -0.430. The number of carbonyl (C=O) groups is 1. The first-order valence-electron chi connectivity index (χ1n) is 6.14. The molecule has 0 saturated heterocycles. The van der Waals surface area contributed by atoms with Crippen LogP contribution in [0.15, 0.2) is 44.9 Å². The van der Waals surface area contributed by atoms with Crippen molar-refractivity contribution in [2.24, 2.45) is 0 Å². The zero-order chi connectivity index (χ0) is 15.9. The molecule has 22 heavy (non-hydrogen) atoms. The Morgan fingerprint density at radius 3 is 2.77 bits per heavy atom. The smallest absolute Gasteiger partial charge is 0.323 e. The molecule has 1 aromatic carbocycles. The second-order valence-electron chi connectivity index (χ2n) is 4.53. The number of rotatable bonds is 3. The van der Waals surface area contributed by atoms with Crippen LogP contribution >= 0.6 is 15.9 Å². The number of halogens is 1. The Morgan fingerprint density at radius 2 is 2.14 bits per heavy atom. The monoisotopic (exact) mass is 364 g/mol. The molecule has 0 saturated carbocycles. The number of hydrogen-bond donors (Lipinski definition) is 2. The average Bonchev–Trinajstić information content (AvgIpc) is 2.97. The van der Waals surface area contributed by atoms with E-state index in [0.29, 0.717) is 21.2 Å². The number of benzene rings is 1. The van der Waals surface area contributed by atoms with Crippen LogP contribution in [0, 0.1) is 0 Å². The number of H-pyrrole nitrogens is 1. The van der Waals surface area contributed by atoms with E-state index >= 15 is 0 Å². The fourth-order valence-corrected chi connectivity index (χ4v) is 2.72. The van der Waals surface area contributed by atoms with Crippen LogP contribution in [-0.2, 0) is 11.3 Å². The molecule has 0 amide bonds. The largest absolute Gasteiger partial charge is 0.480 e. The number of carboxylic acid groups (broad SMARTS) is 1. The zero-order valence-electron chi connectivity index (χ0n) is 11.0. The quantitative estimate of drug-likeness (QED) is 0.665. The van der Waals surface area contributed by atoms with Gasteiger partial charge in [0.2, 0.25) is 0 Å². The van der Waals surface area contributed by atoms with Gasteiger partial charge in [-0.1, -0.05) is 0 Å². The highest BCUT2D eigenvalue weighted by atomic mass is 79.9. The first kappa shape index (κ1) is 14.3. The van der Waals surface area contributed by atoms with E-state index in [1.807, 2.05) is 0 Å². The van der Waals surface area contributed by atoms with Crippen molar-refractivity contribution in [2.45, 2.75) is 6.54 Å². The summed E-state index contributed by atoms with van der Waals surface area (Å²) in [6.45, 7) is -0.593. The highest BCUT2D eigenvalue weighted by molar-refractivity contribution is 9.10. The maximum absolute atomic E-state index is 11.9. The van der Waals surface area contributed by atoms with Gasteiger partial charge in [-0.2, -0.15) is 0 Å². The van der Waals surface area contributed by atoms with Gasteiger partial charge in [-0.25, -0.2) is 4.98 Å². The molecule has 112 valence electrons. The number of nitrogens with zero attached hydrogens (tertiary/aromatic N) is 3. The average molecular weight is 365 g/mol. The first-order chi connectivity index (χ1) is 10.5. The van der Waals surface area contributed by atoms with Crippen molar-refractivity contribution in [2.75, 3.05) is 0 Å². The minimum absolute atomic E-state index is 0.318. The lowest BCUT2D eigenvalue weighted by molar-refractivity contribution is -0.137. The van der Waals surface area contributed by atoms with Gasteiger partial charge in [-0.15, -0.1) is 0 Å². The summed E-state index contributed by atoms with van der Waals surface area (Å²) in [7, 11) is 0. The lowest BCUT2D eigenvalue weighted by Gasteiger charge is -2.11. The molecule has 0 aliphatic carbocycles. The zero-order valence-corrected chi connectivity index (χ0v) is 12.6. The minimum atomic E-state index is -1.21. The van der Waals surface area contributed by atoms with E-state index < -0.39 is 23.6 Å². The summed E-state index contributed by atoms with van der Waals surface area (Å²) in [5.74, 6) is -1.21. The Balaban J connectivity index is 2.39. The molecule has 3 rings (SSSR count). The van der Waals surface area contributed by atoms with Crippen LogP contribution in [0.2, 0.25) is 0 Å². The van der Waals surface area contributed by atoms with Crippen molar-refractivity contribution in [3.05, 3.63) is 56.0 Å². The van der Waals surface area contributed by atoms with Gasteiger partial charge in [0.05, 0.1) is 23.0 Å². The normalized spacial score (nSPS) is 11.0. The van der Waals surface area contributed by atoms with Crippen molar-refractivity contribution in [1.29, 1.82) is 0 Å². The molecule has 8 nitrogen and oxygen atoms in total. The van der Waals surface area contributed by atoms with Gasteiger partial charge >= 0.3 is 17.1 Å². The van der Waals surface area contributed by atoms with Crippen LogP contribution in [0.4, 0.5) is 0 Å². The fraction of sp³-hybridized carbons (Fsp3) is 0.0769. The molecule has 2 aromatic heterocycles. The molecule has 2 heterocycles. The second-order valence-corrected chi connectivity index (χ2v) is 5.38. The summed E-state index contributed by atoms with van der Waals surface area (Å²) >= 11 is 3.38. The lowest BCUT2D eigenvalue weighted by atomic mass is 10.2. The minimum Gasteiger partial charge on any atom is -0.480 e. The molecule has 0 unspecified atom stereocenters. The second kappa shape index (κ2) is 5.26. The number of aromatic amines is 1. The molecule has 9 heteroatoms. The van der Waals surface area contributed by atoms with E-state index in [9.17, 15) is 14.4 Å². The third-order valence-electron chi connectivity index (χ3n) is 3.12. The molecule has 0 fully saturated rings. The van der Waals surface area contributed by atoms with Crippen LogP contribution in [0.5, 0.6) is 0 Å². The molecule has 0 aliphatic rings. The van der Waals surface area contributed by atoms with Gasteiger partial charge in [-0.05, 0) is 28.1 Å². The fourth-order valence-electron chi connectivity index (χ4n) is 2.17. The summed E-state index contributed by atoms with van der Waals surface area (Å²) in [6.07, 6.45) is 4.86.